The number of aromatic nitrogens is 6. The van der Waals surface area contributed by atoms with Crippen LogP contribution in [0, 0.1) is 27.7 Å². The molecule has 0 N–H and O–H groups in total. The van der Waals surface area contributed by atoms with E-state index < -0.39 is 0 Å². The molecule has 4 heterocycles. The van der Waals surface area contributed by atoms with Gasteiger partial charge >= 0.3 is 0 Å². The van der Waals surface area contributed by atoms with Crippen LogP contribution in [0.5, 0.6) is 0 Å². The molecule has 6 heteroatoms. The normalized spacial score (nSPS) is 11.8. The summed E-state index contributed by atoms with van der Waals surface area (Å²) in [6.45, 7) is 12.4. The van der Waals surface area contributed by atoms with Crippen LogP contribution in [0.3, 0.4) is 0 Å². The Morgan fingerprint density at radius 3 is 1.41 bits per heavy atom. The molecule has 29 heavy (non-hydrogen) atoms. The first-order valence-electron chi connectivity index (χ1n) is 9.77. The molecule has 0 unspecified atom stereocenters. The quantitative estimate of drug-likeness (QED) is 0.521. The summed E-state index contributed by atoms with van der Waals surface area (Å²) < 4.78 is 3.67. The summed E-state index contributed by atoms with van der Waals surface area (Å²) in [6.07, 6.45) is 4.02. The molecule has 4 aromatic rings. The van der Waals surface area contributed by atoms with E-state index in [1.165, 1.54) is 0 Å². The third kappa shape index (κ3) is 3.46. The van der Waals surface area contributed by atoms with Gasteiger partial charge in [-0.3, -0.25) is 0 Å². The Morgan fingerprint density at radius 2 is 1.07 bits per heavy atom. The Kier molecular flexibility index (Phi) is 4.57. The number of pyridine rings is 2. The second kappa shape index (κ2) is 6.95. The number of nitrogens with zero attached hydrogens (tertiary/aromatic N) is 6. The maximum absolute atomic E-state index is 4.90. The van der Waals surface area contributed by atoms with E-state index in [-0.39, 0.29) is 5.41 Å². The van der Waals surface area contributed by atoms with Gasteiger partial charge in [0.15, 0.2) is 11.6 Å². The molecule has 0 spiro atoms. The van der Waals surface area contributed by atoms with Crippen LogP contribution >= 0.6 is 0 Å². The molecule has 0 aliphatic rings. The van der Waals surface area contributed by atoms with Gasteiger partial charge in [0, 0.05) is 17.8 Å². The lowest BCUT2D eigenvalue weighted by Gasteiger charge is -2.24. The Bertz CT molecular complexity index is 1050. The molecule has 0 saturated heterocycles. The summed E-state index contributed by atoms with van der Waals surface area (Å²) in [7, 11) is 0. The zero-order valence-electron chi connectivity index (χ0n) is 17.8. The fourth-order valence-electron chi connectivity index (χ4n) is 3.26. The standard InChI is InChI=1S/C23H26N6/c1-15-13-28(26-17(15)3)21-11-7-9-19(24-21)23(5,6)20-10-8-12-22(25-20)29-14-16(2)18(4)27-29/h7-14H,1-6H3. The molecule has 0 aromatic carbocycles. The molecule has 0 aliphatic heterocycles. The van der Waals surface area contributed by atoms with Crippen molar-refractivity contribution in [1.29, 1.82) is 0 Å². The van der Waals surface area contributed by atoms with Gasteiger partial charge in [-0.25, -0.2) is 19.3 Å². The largest absolute Gasteiger partial charge is 0.233 e. The first-order valence-corrected chi connectivity index (χ1v) is 9.77. The molecule has 0 radical (unpaired) electrons. The average Bonchev–Trinajstić information content (AvgIpc) is 3.23. The van der Waals surface area contributed by atoms with Crippen LogP contribution in [0.1, 0.15) is 47.8 Å². The Hall–Kier alpha value is -3.28. The van der Waals surface area contributed by atoms with Crippen molar-refractivity contribution in [2.45, 2.75) is 47.0 Å². The molecule has 4 rings (SSSR count). The number of rotatable bonds is 4. The highest BCUT2D eigenvalue weighted by molar-refractivity contribution is 5.36. The van der Waals surface area contributed by atoms with E-state index in [9.17, 15) is 0 Å². The highest BCUT2D eigenvalue weighted by Crippen LogP contribution is 2.30. The third-order valence-electron chi connectivity index (χ3n) is 5.51. The highest BCUT2D eigenvalue weighted by atomic mass is 15.3. The molecule has 0 atom stereocenters. The maximum Gasteiger partial charge on any atom is 0.153 e. The van der Waals surface area contributed by atoms with Gasteiger partial charge in [0.2, 0.25) is 0 Å². The Labute approximate surface area is 171 Å². The molecule has 0 amide bonds. The summed E-state index contributed by atoms with van der Waals surface area (Å²) in [5.74, 6) is 1.61. The fraction of sp³-hybridized carbons (Fsp3) is 0.304. The van der Waals surface area contributed by atoms with Gasteiger partial charge in [0.1, 0.15) is 0 Å². The molecule has 0 aliphatic carbocycles. The number of aryl methyl sites for hydroxylation is 4. The van der Waals surface area contributed by atoms with Crippen LogP contribution in [0.4, 0.5) is 0 Å². The van der Waals surface area contributed by atoms with Crippen molar-refractivity contribution in [2.75, 3.05) is 0 Å². The molecule has 4 aromatic heterocycles. The molecule has 0 saturated carbocycles. The SMILES string of the molecule is Cc1cn(-c2cccc(C(C)(C)c3cccc(-n4cc(C)c(C)n4)n3)n2)nc1C. The molecule has 148 valence electrons. The average molecular weight is 387 g/mol. The van der Waals surface area contributed by atoms with Crippen molar-refractivity contribution >= 4 is 0 Å². The number of hydrogen-bond acceptors (Lipinski definition) is 4. The van der Waals surface area contributed by atoms with Gasteiger partial charge in [-0.2, -0.15) is 10.2 Å². The van der Waals surface area contributed by atoms with E-state index in [0.717, 1.165) is 45.5 Å². The van der Waals surface area contributed by atoms with Crippen LogP contribution in [-0.2, 0) is 5.41 Å². The molecule has 0 fully saturated rings. The van der Waals surface area contributed by atoms with Gasteiger partial charge in [0.05, 0.1) is 22.8 Å². The third-order valence-corrected chi connectivity index (χ3v) is 5.51. The Morgan fingerprint density at radius 1 is 0.655 bits per heavy atom. The van der Waals surface area contributed by atoms with E-state index in [4.69, 9.17) is 9.97 Å². The summed E-state index contributed by atoms with van der Waals surface area (Å²) >= 11 is 0. The lowest BCUT2D eigenvalue weighted by atomic mass is 9.84. The van der Waals surface area contributed by atoms with Crippen molar-refractivity contribution < 1.29 is 0 Å². The minimum absolute atomic E-state index is 0.374. The van der Waals surface area contributed by atoms with E-state index in [1.54, 1.807) is 0 Å². The second-order valence-corrected chi connectivity index (χ2v) is 8.07. The van der Waals surface area contributed by atoms with E-state index >= 15 is 0 Å². The zero-order chi connectivity index (χ0) is 20.8. The second-order valence-electron chi connectivity index (χ2n) is 8.07. The molecular weight excluding hydrogens is 360 g/mol. The van der Waals surface area contributed by atoms with Crippen molar-refractivity contribution in [2.24, 2.45) is 0 Å². The Balaban J connectivity index is 1.73. The van der Waals surface area contributed by atoms with Crippen LogP contribution in [0.25, 0.3) is 11.6 Å². The summed E-state index contributed by atoms with van der Waals surface area (Å²) in [5, 5.41) is 9.14. The van der Waals surface area contributed by atoms with E-state index in [1.807, 2.05) is 72.0 Å². The number of hydrogen-bond donors (Lipinski definition) is 0. The topological polar surface area (TPSA) is 61.4 Å². The fourth-order valence-corrected chi connectivity index (χ4v) is 3.26. The van der Waals surface area contributed by atoms with Crippen LogP contribution in [-0.4, -0.2) is 29.5 Å². The van der Waals surface area contributed by atoms with Crippen LogP contribution < -0.4 is 0 Å². The summed E-state index contributed by atoms with van der Waals surface area (Å²) in [4.78, 5) is 9.81. The van der Waals surface area contributed by atoms with E-state index in [0.29, 0.717) is 0 Å². The maximum atomic E-state index is 4.90. The van der Waals surface area contributed by atoms with Crippen molar-refractivity contribution in [3.05, 3.63) is 82.7 Å². The first kappa shape index (κ1) is 19.1. The lowest BCUT2D eigenvalue weighted by Crippen LogP contribution is -2.23. The molecule has 0 bridgehead atoms. The van der Waals surface area contributed by atoms with Crippen molar-refractivity contribution in [1.82, 2.24) is 29.5 Å². The van der Waals surface area contributed by atoms with Gasteiger partial charge < -0.3 is 0 Å². The zero-order valence-corrected chi connectivity index (χ0v) is 17.8. The van der Waals surface area contributed by atoms with Crippen LogP contribution in [0.2, 0.25) is 0 Å². The van der Waals surface area contributed by atoms with Crippen molar-refractivity contribution in [3.8, 4) is 11.6 Å². The molecule has 6 nitrogen and oxygen atoms in total. The summed E-state index contributed by atoms with van der Waals surface area (Å²) in [6, 6.07) is 12.1. The van der Waals surface area contributed by atoms with Gasteiger partial charge in [-0.1, -0.05) is 12.1 Å². The van der Waals surface area contributed by atoms with E-state index in [2.05, 4.69) is 37.9 Å². The minimum Gasteiger partial charge on any atom is -0.233 e. The smallest absolute Gasteiger partial charge is 0.153 e. The predicted octanol–water partition coefficient (Wildman–Crippen LogP) is 4.41. The van der Waals surface area contributed by atoms with Gasteiger partial charge in [-0.15, -0.1) is 0 Å². The monoisotopic (exact) mass is 386 g/mol. The first-order chi connectivity index (χ1) is 13.8. The van der Waals surface area contributed by atoms with Gasteiger partial charge in [0.25, 0.3) is 0 Å². The predicted molar refractivity (Wildman–Crippen MR) is 114 cm³/mol. The van der Waals surface area contributed by atoms with Gasteiger partial charge in [-0.05, 0) is 76.9 Å². The highest BCUT2D eigenvalue weighted by Gasteiger charge is 2.27. The van der Waals surface area contributed by atoms with Crippen molar-refractivity contribution in [3.63, 3.8) is 0 Å². The molecular formula is C23H26N6. The summed E-state index contributed by atoms with van der Waals surface area (Å²) in [5.41, 5.74) is 5.83. The minimum atomic E-state index is -0.374. The van der Waals surface area contributed by atoms with Crippen LogP contribution in [0.15, 0.2) is 48.8 Å². The lowest BCUT2D eigenvalue weighted by molar-refractivity contribution is 0.588.